The summed E-state index contributed by atoms with van der Waals surface area (Å²) < 4.78 is 4.95. The molecule has 1 aliphatic rings. The van der Waals surface area contributed by atoms with Crippen molar-refractivity contribution in [1.29, 1.82) is 0 Å². The van der Waals surface area contributed by atoms with Crippen molar-refractivity contribution in [3.63, 3.8) is 0 Å². The predicted molar refractivity (Wildman–Crippen MR) is 70.7 cm³/mol. The summed E-state index contributed by atoms with van der Waals surface area (Å²) in [6.45, 7) is 0. The number of hydrogen-bond donors (Lipinski definition) is 1. The van der Waals surface area contributed by atoms with Crippen LogP contribution in [0.15, 0.2) is 29.0 Å². The quantitative estimate of drug-likeness (QED) is 0.936. The molecule has 0 atom stereocenters. The van der Waals surface area contributed by atoms with E-state index >= 15 is 0 Å². The van der Waals surface area contributed by atoms with E-state index in [-0.39, 0.29) is 11.8 Å². The first kappa shape index (κ1) is 12.2. The number of halogens is 1. The molecule has 5 nitrogen and oxygen atoms in total. The van der Waals surface area contributed by atoms with Crippen LogP contribution >= 0.6 is 11.6 Å². The molecule has 1 fully saturated rings. The van der Waals surface area contributed by atoms with Gasteiger partial charge in [0.2, 0.25) is 5.91 Å². The van der Waals surface area contributed by atoms with Crippen LogP contribution in [0, 0.1) is 5.92 Å². The van der Waals surface area contributed by atoms with Gasteiger partial charge >= 0.3 is 0 Å². The van der Waals surface area contributed by atoms with Crippen LogP contribution in [0.2, 0.25) is 5.02 Å². The first-order valence-corrected chi connectivity index (χ1v) is 6.49. The molecule has 1 aromatic carbocycles. The number of rotatable bonds is 3. The standard InChI is InChI=1S/C13H12ClN3O2/c14-10-6-9(13-15-7-16-19-13)4-5-11(10)17-12(18)8-2-1-3-8/h4-8H,1-3H2,(H,17,18). The number of benzene rings is 1. The van der Waals surface area contributed by atoms with Crippen LogP contribution in [-0.4, -0.2) is 16.0 Å². The maximum absolute atomic E-state index is 11.8. The number of nitrogens with one attached hydrogen (secondary N) is 1. The number of carbonyl (C=O) groups excluding carboxylic acids is 1. The Bertz CT molecular complexity index is 594. The van der Waals surface area contributed by atoms with E-state index in [2.05, 4.69) is 15.5 Å². The lowest BCUT2D eigenvalue weighted by molar-refractivity contribution is -0.122. The zero-order chi connectivity index (χ0) is 13.2. The molecule has 0 unspecified atom stereocenters. The van der Waals surface area contributed by atoms with Gasteiger partial charge in [-0.1, -0.05) is 23.2 Å². The molecular formula is C13H12ClN3O2. The monoisotopic (exact) mass is 277 g/mol. The van der Waals surface area contributed by atoms with Crippen molar-refractivity contribution in [3.05, 3.63) is 29.5 Å². The van der Waals surface area contributed by atoms with E-state index in [1.165, 1.54) is 6.33 Å². The zero-order valence-corrected chi connectivity index (χ0v) is 10.9. The number of carbonyl (C=O) groups is 1. The van der Waals surface area contributed by atoms with Crippen LogP contribution < -0.4 is 5.32 Å². The van der Waals surface area contributed by atoms with E-state index in [4.69, 9.17) is 16.1 Å². The van der Waals surface area contributed by atoms with Crippen molar-refractivity contribution in [1.82, 2.24) is 10.1 Å². The van der Waals surface area contributed by atoms with E-state index in [0.717, 1.165) is 24.8 Å². The highest BCUT2D eigenvalue weighted by molar-refractivity contribution is 6.34. The zero-order valence-electron chi connectivity index (χ0n) is 10.1. The van der Waals surface area contributed by atoms with Crippen LogP contribution in [0.5, 0.6) is 0 Å². The highest BCUT2D eigenvalue weighted by atomic mass is 35.5. The van der Waals surface area contributed by atoms with Gasteiger partial charge in [-0.2, -0.15) is 4.98 Å². The van der Waals surface area contributed by atoms with E-state index in [0.29, 0.717) is 16.6 Å². The minimum Gasteiger partial charge on any atom is -0.334 e. The minimum absolute atomic E-state index is 0.0405. The third kappa shape index (κ3) is 2.46. The third-order valence-electron chi connectivity index (χ3n) is 3.31. The molecule has 2 aromatic rings. The van der Waals surface area contributed by atoms with Crippen LogP contribution in [-0.2, 0) is 4.79 Å². The summed E-state index contributed by atoms with van der Waals surface area (Å²) in [6.07, 6.45) is 4.38. The lowest BCUT2D eigenvalue weighted by Crippen LogP contribution is -2.28. The fraction of sp³-hybridized carbons (Fsp3) is 0.308. The third-order valence-corrected chi connectivity index (χ3v) is 3.62. The summed E-state index contributed by atoms with van der Waals surface area (Å²) in [5.41, 5.74) is 1.34. The molecule has 1 heterocycles. The largest absolute Gasteiger partial charge is 0.334 e. The minimum atomic E-state index is 0.0405. The molecule has 6 heteroatoms. The number of anilines is 1. The molecule has 0 radical (unpaired) electrons. The predicted octanol–water partition coefficient (Wildman–Crippen LogP) is 3.13. The summed E-state index contributed by atoms with van der Waals surface area (Å²) in [5.74, 6) is 0.573. The molecule has 0 bridgehead atoms. The summed E-state index contributed by atoms with van der Waals surface area (Å²) >= 11 is 6.15. The van der Waals surface area contributed by atoms with Gasteiger partial charge in [0.25, 0.3) is 5.89 Å². The van der Waals surface area contributed by atoms with Crippen molar-refractivity contribution >= 4 is 23.2 Å². The first-order chi connectivity index (χ1) is 9.24. The van der Waals surface area contributed by atoms with E-state index in [1.807, 2.05) is 0 Å². The Hall–Kier alpha value is -1.88. The average Bonchev–Trinajstić information content (AvgIpc) is 2.83. The second-order valence-electron chi connectivity index (χ2n) is 4.56. The molecule has 0 spiro atoms. The molecule has 98 valence electrons. The van der Waals surface area contributed by atoms with E-state index in [9.17, 15) is 4.79 Å². The molecule has 19 heavy (non-hydrogen) atoms. The molecule has 1 aromatic heterocycles. The molecule has 0 saturated heterocycles. The lowest BCUT2D eigenvalue weighted by atomic mass is 9.85. The first-order valence-electron chi connectivity index (χ1n) is 6.11. The Morgan fingerprint density at radius 1 is 1.42 bits per heavy atom. The molecule has 1 N–H and O–H groups in total. The topological polar surface area (TPSA) is 68.0 Å². The fourth-order valence-electron chi connectivity index (χ4n) is 1.96. The van der Waals surface area contributed by atoms with Gasteiger partial charge in [-0.3, -0.25) is 4.79 Å². The van der Waals surface area contributed by atoms with Gasteiger partial charge in [0.05, 0.1) is 10.7 Å². The summed E-state index contributed by atoms with van der Waals surface area (Å²) in [5, 5.41) is 6.85. The molecule has 1 amide bonds. The number of amides is 1. The molecular weight excluding hydrogens is 266 g/mol. The molecule has 0 aliphatic heterocycles. The van der Waals surface area contributed by atoms with Crippen LogP contribution in [0.3, 0.4) is 0 Å². The summed E-state index contributed by atoms with van der Waals surface area (Å²) in [7, 11) is 0. The lowest BCUT2D eigenvalue weighted by Gasteiger charge is -2.24. The van der Waals surface area contributed by atoms with Gasteiger partial charge in [-0.25, -0.2) is 0 Å². The van der Waals surface area contributed by atoms with Crippen molar-refractivity contribution in [2.45, 2.75) is 19.3 Å². The van der Waals surface area contributed by atoms with Gasteiger partial charge in [-0.15, -0.1) is 0 Å². The molecule has 1 saturated carbocycles. The Labute approximate surface area is 115 Å². The van der Waals surface area contributed by atoms with Crippen molar-refractivity contribution < 1.29 is 9.32 Å². The Morgan fingerprint density at radius 3 is 2.84 bits per heavy atom. The van der Waals surface area contributed by atoms with E-state index < -0.39 is 0 Å². The van der Waals surface area contributed by atoms with Crippen LogP contribution in [0.1, 0.15) is 19.3 Å². The van der Waals surface area contributed by atoms with Crippen molar-refractivity contribution in [2.24, 2.45) is 5.92 Å². The Balaban J connectivity index is 1.78. The van der Waals surface area contributed by atoms with E-state index in [1.54, 1.807) is 18.2 Å². The van der Waals surface area contributed by atoms with Gasteiger partial charge in [0.1, 0.15) is 0 Å². The second kappa shape index (κ2) is 5.01. The van der Waals surface area contributed by atoms with Gasteiger partial charge in [-0.05, 0) is 31.0 Å². The number of nitrogens with zero attached hydrogens (tertiary/aromatic N) is 2. The van der Waals surface area contributed by atoms with Gasteiger partial charge in [0.15, 0.2) is 6.33 Å². The highest BCUT2D eigenvalue weighted by Gasteiger charge is 2.25. The summed E-state index contributed by atoms with van der Waals surface area (Å²) in [6, 6.07) is 5.24. The average molecular weight is 278 g/mol. The van der Waals surface area contributed by atoms with Gasteiger partial charge < -0.3 is 9.84 Å². The maximum Gasteiger partial charge on any atom is 0.257 e. The fourth-order valence-corrected chi connectivity index (χ4v) is 2.18. The second-order valence-corrected chi connectivity index (χ2v) is 4.97. The summed E-state index contributed by atoms with van der Waals surface area (Å²) in [4.78, 5) is 15.8. The number of aromatic nitrogens is 2. The molecule has 1 aliphatic carbocycles. The SMILES string of the molecule is O=C(Nc1ccc(-c2ncno2)cc1Cl)C1CCC1. The Kier molecular flexibility index (Phi) is 3.21. The van der Waals surface area contributed by atoms with Crippen molar-refractivity contribution in [2.75, 3.05) is 5.32 Å². The number of hydrogen-bond acceptors (Lipinski definition) is 4. The van der Waals surface area contributed by atoms with Crippen LogP contribution in [0.4, 0.5) is 5.69 Å². The maximum atomic E-state index is 11.8. The normalized spacial score (nSPS) is 15.0. The Morgan fingerprint density at radius 2 is 2.26 bits per heavy atom. The van der Waals surface area contributed by atoms with Crippen LogP contribution in [0.25, 0.3) is 11.5 Å². The van der Waals surface area contributed by atoms with Gasteiger partial charge in [0, 0.05) is 11.5 Å². The highest BCUT2D eigenvalue weighted by Crippen LogP contribution is 2.31. The smallest absolute Gasteiger partial charge is 0.257 e. The van der Waals surface area contributed by atoms with Crippen molar-refractivity contribution in [3.8, 4) is 11.5 Å². The molecule has 3 rings (SSSR count).